The minimum Gasteiger partial charge on any atom is -0.494 e. The minimum absolute atomic E-state index is 0.0798. The van der Waals surface area contributed by atoms with Crippen LogP contribution in [0, 0.1) is 0 Å². The fourth-order valence-corrected chi connectivity index (χ4v) is 6.78. The maximum atomic E-state index is 13.9. The van der Waals surface area contributed by atoms with Crippen LogP contribution < -0.4 is 10.2 Å². The molecule has 0 aliphatic carbocycles. The highest BCUT2D eigenvalue weighted by molar-refractivity contribution is 6.24. The van der Waals surface area contributed by atoms with Gasteiger partial charge in [-0.1, -0.05) is 51.9 Å². The van der Waals surface area contributed by atoms with E-state index >= 15 is 0 Å². The summed E-state index contributed by atoms with van der Waals surface area (Å²) < 4.78 is 21.7. The van der Waals surface area contributed by atoms with Gasteiger partial charge in [-0.2, -0.15) is 0 Å². The van der Waals surface area contributed by atoms with Crippen molar-refractivity contribution in [2.75, 3.05) is 6.61 Å². The highest BCUT2D eigenvalue weighted by atomic mass is 16.5. The zero-order valence-corrected chi connectivity index (χ0v) is 24.5. The van der Waals surface area contributed by atoms with Crippen LogP contribution in [0.1, 0.15) is 68.6 Å². The maximum Gasteiger partial charge on any atom is 0.265 e. The molecule has 0 atom stereocenters. The number of hydrogen-bond acceptors (Lipinski definition) is 6. The molecule has 0 unspecified atom stereocenters. The number of aromatic nitrogens is 2. The number of carbonyl (C=O) groups excluding carboxylic acids is 1. The third kappa shape index (κ3) is 3.97. The Morgan fingerprint density at radius 2 is 1.41 bits per heavy atom. The lowest BCUT2D eigenvalue weighted by Gasteiger charge is -2.06. The fraction of sp³-hybridized carbons (Fsp3) is 0.278. The molecule has 0 amide bonds. The van der Waals surface area contributed by atoms with Crippen molar-refractivity contribution in [1.82, 2.24) is 8.97 Å². The second-order valence-electron chi connectivity index (χ2n) is 11.8. The smallest absolute Gasteiger partial charge is 0.265 e. The Hall–Kier alpha value is -4.98. The SMILES string of the molecule is CCCCCCCCCCOc1ccc2c(c1)oc1c2ccn2c(O)c3c(c12)C(=O)n1ccc2c(oc4cc(=O)ccc42)c1-3. The summed E-state index contributed by atoms with van der Waals surface area (Å²) in [6, 6.07) is 14.2. The van der Waals surface area contributed by atoms with E-state index in [2.05, 4.69) is 6.92 Å². The van der Waals surface area contributed by atoms with E-state index in [1.54, 1.807) is 28.9 Å². The van der Waals surface area contributed by atoms with Gasteiger partial charge in [0.2, 0.25) is 5.88 Å². The topological polar surface area (TPSA) is 99.2 Å². The number of furan rings is 2. The van der Waals surface area contributed by atoms with Gasteiger partial charge >= 0.3 is 0 Å². The molecule has 44 heavy (non-hydrogen) atoms. The Kier molecular flexibility index (Phi) is 6.25. The predicted octanol–water partition coefficient (Wildman–Crippen LogP) is 8.79. The van der Waals surface area contributed by atoms with Crippen molar-refractivity contribution in [3.63, 3.8) is 0 Å². The molecule has 8 heteroatoms. The molecule has 0 saturated carbocycles. The second-order valence-corrected chi connectivity index (χ2v) is 11.8. The van der Waals surface area contributed by atoms with Gasteiger partial charge in [0.15, 0.2) is 16.6 Å². The number of benzene rings is 2. The Bertz CT molecular complexity index is 2310. The fourth-order valence-electron chi connectivity index (χ4n) is 6.78. The van der Waals surface area contributed by atoms with Crippen LogP contribution in [0.4, 0.5) is 0 Å². The minimum atomic E-state index is -0.290. The molecule has 5 aromatic heterocycles. The first kappa shape index (κ1) is 26.6. The van der Waals surface area contributed by atoms with Gasteiger partial charge in [-0.25, -0.2) is 0 Å². The summed E-state index contributed by atoms with van der Waals surface area (Å²) in [7, 11) is 0. The molecule has 8 rings (SSSR count). The summed E-state index contributed by atoms with van der Waals surface area (Å²) in [5, 5.41) is 14.8. The van der Waals surface area contributed by atoms with Crippen LogP contribution in [0.15, 0.2) is 74.6 Å². The molecule has 8 nitrogen and oxygen atoms in total. The first-order valence-corrected chi connectivity index (χ1v) is 15.5. The van der Waals surface area contributed by atoms with Gasteiger partial charge in [0.25, 0.3) is 5.91 Å². The zero-order chi connectivity index (χ0) is 29.9. The molecule has 1 aliphatic rings. The quantitative estimate of drug-likeness (QED) is 0.160. The van der Waals surface area contributed by atoms with Crippen LogP contribution in [-0.4, -0.2) is 26.6 Å². The molecule has 6 heterocycles. The van der Waals surface area contributed by atoms with E-state index in [-0.39, 0.29) is 17.2 Å². The summed E-state index contributed by atoms with van der Waals surface area (Å²) in [6.07, 6.45) is 13.4. The van der Waals surface area contributed by atoms with E-state index in [4.69, 9.17) is 13.6 Å². The van der Waals surface area contributed by atoms with E-state index < -0.39 is 0 Å². The molecular formula is C36H32N2O6. The van der Waals surface area contributed by atoms with E-state index in [1.165, 1.54) is 55.2 Å². The van der Waals surface area contributed by atoms with Crippen molar-refractivity contribution in [2.24, 2.45) is 0 Å². The van der Waals surface area contributed by atoms with Crippen molar-refractivity contribution >= 4 is 55.3 Å². The van der Waals surface area contributed by atoms with E-state index in [0.717, 1.165) is 40.1 Å². The third-order valence-electron chi connectivity index (χ3n) is 8.97. The zero-order valence-electron chi connectivity index (χ0n) is 24.5. The van der Waals surface area contributed by atoms with E-state index in [9.17, 15) is 14.7 Å². The van der Waals surface area contributed by atoms with Crippen molar-refractivity contribution < 1.29 is 23.5 Å². The predicted molar refractivity (Wildman–Crippen MR) is 171 cm³/mol. The average molecular weight is 589 g/mol. The van der Waals surface area contributed by atoms with Gasteiger partial charge in [-0.05, 0) is 42.8 Å². The Labute approximate surface area is 252 Å². The van der Waals surface area contributed by atoms with Gasteiger partial charge in [-0.3, -0.25) is 18.6 Å². The summed E-state index contributed by atoms with van der Waals surface area (Å²) in [5.41, 5.74) is 3.54. The van der Waals surface area contributed by atoms with Gasteiger partial charge in [0.1, 0.15) is 28.1 Å². The highest BCUT2D eigenvalue weighted by Gasteiger charge is 2.38. The first-order chi connectivity index (χ1) is 21.5. The lowest BCUT2D eigenvalue weighted by molar-refractivity contribution is 0.0970. The molecule has 7 aromatic rings. The third-order valence-corrected chi connectivity index (χ3v) is 8.97. The van der Waals surface area contributed by atoms with Crippen LogP contribution in [-0.2, 0) is 0 Å². The summed E-state index contributed by atoms with van der Waals surface area (Å²) in [6.45, 7) is 2.89. The highest BCUT2D eigenvalue weighted by Crippen LogP contribution is 2.49. The molecule has 0 spiro atoms. The second kappa shape index (κ2) is 10.3. The monoisotopic (exact) mass is 588 g/mol. The lowest BCUT2D eigenvalue weighted by Crippen LogP contribution is -2.07. The number of rotatable bonds is 10. The van der Waals surface area contributed by atoms with E-state index in [0.29, 0.717) is 51.3 Å². The summed E-state index contributed by atoms with van der Waals surface area (Å²) >= 11 is 0. The van der Waals surface area contributed by atoms with Crippen LogP contribution in [0.5, 0.6) is 11.6 Å². The molecule has 0 radical (unpaired) electrons. The Morgan fingerprint density at radius 1 is 0.727 bits per heavy atom. The summed E-state index contributed by atoms with van der Waals surface area (Å²) in [5.74, 6) is 0.373. The largest absolute Gasteiger partial charge is 0.494 e. The van der Waals surface area contributed by atoms with Crippen molar-refractivity contribution in [1.29, 1.82) is 0 Å². The van der Waals surface area contributed by atoms with Crippen LogP contribution >= 0.6 is 0 Å². The molecule has 222 valence electrons. The van der Waals surface area contributed by atoms with Gasteiger partial charge in [-0.15, -0.1) is 0 Å². The molecule has 1 aliphatic heterocycles. The molecule has 0 fully saturated rings. The van der Waals surface area contributed by atoms with Crippen molar-refractivity contribution in [3.8, 4) is 22.9 Å². The first-order valence-electron chi connectivity index (χ1n) is 15.5. The van der Waals surface area contributed by atoms with Gasteiger partial charge < -0.3 is 18.7 Å². The Balaban J connectivity index is 1.15. The van der Waals surface area contributed by atoms with Gasteiger partial charge in [0, 0.05) is 46.1 Å². The number of aromatic hydroxyl groups is 1. The van der Waals surface area contributed by atoms with Crippen LogP contribution in [0.2, 0.25) is 0 Å². The maximum absolute atomic E-state index is 13.9. The number of pyridine rings is 2. The number of hydrogen-bond donors (Lipinski definition) is 1. The molecule has 0 saturated heterocycles. The number of unbranched alkanes of at least 4 members (excludes halogenated alkanes) is 7. The van der Waals surface area contributed by atoms with Crippen molar-refractivity contribution in [2.45, 2.75) is 58.3 Å². The van der Waals surface area contributed by atoms with E-state index in [1.807, 2.05) is 24.3 Å². The Morgan fingerprint density at radius 3 is 2.23 bits per heavy atom. The standard InChI is InChI=1S/C36H32N2O6/c1-2-3-4-5-6-7-8-9-18-42-22-11-13-24-26-15-17-38-32(34(26)44-28(24)20-22)30-29(35(38)40)31-33-25(14-16-37(31)36(30)41)23-12-10-21(39)19-27(23)43-33/h10-17,19-20,40H,2-9,18H2,1H3. The van der Waals surface area contributed by atoms with Crippen LogP contribution in [0.25, 0.3) is 60.7 Å². The van der Waals surface area contributed by atoms with Gasteiger partial charge in [0.05, 0.1) is 17.7 Å². The van der Waals surface area contributed by atoms with Crippen molar-refractivity contribution in [3.05, 3.63) is 76.7 Å². The molecule has 0 bridgehead atoms. The molecule has 1 N–H and O–H groups in total. The normalized spacial score (nSPS) is 12.8. The lowest BCUT2D eigenvalue weighted by atomic mass is 10.1. The number of nitrogens with zero attached hydrogens (tertiary/aromatic N) is 2. The average Bonchev–Trinajstić information content (AvgIpc) is 3.74. The number of fused-ring (bicyclic) bond motifs is 13. The summed E-state index contributed by atoms with van der Waals surface area (Å²) in [4.78, 5) is 25.9. The molecule has 2 aromatic carbocycles. The van der Waals surface area contributed by atoms with Crippen LogP contribution in [0.3, 0.4) is 0 Å². The molecular weight excluding hydrogens is 556 g/mol. The number of carbonyl (C=O) groups is 1. The number of ether oxygens (including phenoxy) is 1.